The third-order valence-electron chi connectivity index (χ3n) is 5.85. The molecular weight excluding hydrogens is 372 g/mol. The van der Waals surface area contributed by atoms with E-state index in [4.69, 9.17) is 13.7 Å². The minimum absolute atomic E-state index is 0.383. The van der Waals surface area contributed by atoms with Crippen LogP contribution < -0.4 is 4.18 Å². The summed E-state index contributed by atoms with van der Waals surface area (Å²) in [7, 11) is 1.80. The summed E-state index contributed by atoms with van der Waals surface area (Å²) in [4.78, 5) is 11.9. The Balaban J connectivity index is 1.93. The Bertz CT molecular complexity index is 670. The minimum Gasteiger partial charge on any atom is -0.455 e. The molecule has 5 heteroatoms. The van der Waals surface area contributed by atoms with Crippen LogP contribution in [0.4, 0.5) is 0 Å². The van der Waals surface area contributed by atoms with Crippen molar-refractivity contribution in [1.82, 2.24) is 0 Å². The summed E-state index contributed by atoms with van der Waals surface area (Å²) in [6.07, 6.45) is 5.01. The van der Waals surface area contributed by atoms with Crippen LogP contribution in [0.3, 0.4) is 0 Å². The van der Waals surface area contributed by atoms with Crippen LogP contribution in [0.1, 0.15) is 71.8 Å². The Labute approximate surface area is 174 Å². The molecule has 0 atom stereocenters. The Kier molecular flexibility index (Phi) is 7.63. The maximum atomic E-state index is 11.9. The molecule has 0 aromatic heterocycles. The second kappa shape index (κ2) is 9.36. The lowest BCUT2D eigenvalue weighted by Gasteiger charge is -2.38. The molecule has 0 unspecified atom stereocenters. The number of hydrogen-bond donors (Lipinski definition) is 0. The first-order valence-corrected chi connectivity index (χ1v) is 10.7. The van der Waals surface area contributed by atoms with Gasteiger partial charge in [0.1, 0.15) is 11.4 Å². The molecule has 2 rings (SSSR count). The lowest BCUT2D eigenvalue weighted by molar-refractivity contribution is -0.153. The van der Waals surface area contributed by atoms with E-state index in [1.54, 1.807) is 14.0 Å². The molecule has 0 spiro atoms. The number of benzene rings is 1. The van der Waals surface area contributed by atoms with E-state index in [1.165, 1.54) is 30.4 Å². The van der Waals surface area contributed by atoms with Gasteiger partial charge in [-0.2, -0.15) is 0 Å². The molecule has 156 valence electrons. The standard InChI is InChI=1S/C23H34O4S/c1-16(2)21(24)26-22(3,4)23(5,6)28-27-20-14-10-18(11-15-20)17-8-12-19(25-7)13-9-17/h10-11,14-15,17,19H,1,8-9,12-13H2,2-7H3. The smallest absolute Gasteiger partial charge is 0.333 e. The van der Waals surface area contributed by atoms with Gasteiger partial charge in [-0.25, -0.2) is 4.79 Å². The quantitative estimate of drug-likeness (QED) is 0.298. The molecule has 0 aliphatic heterocycles. The third kappa shape index (κ3) is 5.77. The SMILES string of the molecule is C=C(C)C(=O)OC(C)(C)C(C)(C)SOc1ccc(C2CCC(OC)CC2)cc1. The molecule has 1 fully saturated rings. The number of methoxy groups -OCH3 is 1. The fourth-order valence-corrected chi connectivity index (χ4v) is 3.78. The van der Waals surface area contributed by atoms with Crippen molar-refractivity contribution in [3.8, 4) is 5.75 Å². The lowest BCUT2D eigenvalue weighted by Crippen LogP contribution is -2.46. The van der Waals surface area contributed by atoms with Crippen LogP contribution in [0, 0.1) is 0 Å². The highest BCUT2D eigenvalue weighted by molar-refractivity contribution is 7.96. The van der Waals surface area contributed by atoms with E-state index in [0.29, 0.717) is 17.6 Å². The van der Waals surface area contributed by atoms with Crippen LogP contribution in [0.15, 0.2) is 36.4 Å². The Morgan fingerprint density at radius 2 is 1.64 bits per heavy atom. The monoisotopic (exact) mass is 406 g/mol. The molecule has 0 saturated heterocycles. The maximum absolute atomic E-state index is 11.9. The average Bonchev–Trinajstić information content (AvgIpc) is 2.66. The van der Waals surface area contributed by atoms with Crippen molar-refractivity contribution in [3.05, 3.63) is 42.0 Å². The van der Waals surface area contributed by atoms with Crippen molar-refractivity contribution in [2.75, 3.05) is 7.11 Å². The number of esters is 1. The van der Waals surface area contributed by atoms with Gasteiger partial charge in [0, 0.05) is 12.7 Å². The number of hydrogen-bond acceptors (Lipinski definition) is 5. The highest BCUT2D eigenvalue weighted by Crippen LogP contribution is 2.40. The first-order chi connectivity index (χ1) is 13.1. The molecule has 1 saturated carbocycles. The van der Waals surface area contributed by atoms with Gasteiger partial charge in [-0.15, -0.1) is 0 Å². The van der Waals surface area contributed by atoms with Crippen molar-refractivity contribution >= 4 is 18.0 Å². The molecule has 1 aromatic rings. The summed E-state index contributed by atoms with van der Waals surface area (Å²) in [5.41, 5.74) is 1.04. The fraction of sp³-hybridized carbons (Fsp3) is 0.609. The van der Waals surface area contributed by atoms with Crippen LogP contribution in [-0.2, 0) is 14.3 Å². The lowest BCUT2D eigenvalue weighted by atomic mass is 9.83. The van der Waals surface area contributed by atoms with E-state index in [0.717, 1.165) is 18.6 Å². The average molecular weight is 407 g/mol. The van der Waals surface area contributed by atoms with Crippen LogP contribution in [-0.4, -0.2) is 29.5 Å². The molecule has 1 aromatic carbocycles. The van der Waals surface area contributed by atoms with Gasteiger partial charge in [-0.3, -0.25) is 0 Å². The Hall–Kier alpha value is -1.46. The third-order valence-corrected chi connectivity index (χ3v) is 7.04. The minimum atomic E-state index is -0.715. The van der Waals surface area contributed by atoms with Gasteiger partial charge in [0.05, 0.1) is 22.9 Å². The van der Waals surface area contributed by atoms with E-state index in [9.17, 15) is 4.79 Å². The summed E-state index contributed by atoms with van der Waals surface area (Å²) in [5, 5.41) is 0. The van der Waals surface area contributed by atoms with Crippen molar-refractivity contribution in [2.24, 2.45) is 0 Å². The molecule has 1 aliphatic rings. The highest BCUT2D eigenvalue weighted by Gasteiger charge is 2.43. The molecule has 0 amide bonds. The number of ether oxygens (including phenoxy) is 2. The second-order valence-corrected chi connectivity index (χ2v) is 9.99. The summed E-state index contributed by atoms with van der Waals surface area (Å²) in [6, 6.07) is 8.36. The van der Waals surface area contributed by atoms with E-state index in [1.807, 2.05) is 39.8 Å². The topological polar surface area (TPSA) is 44.8 Å². The zero-order valence-electron chi connectivity index (χ0n) is 18.0. The highest BCUT2D eigenvalue weighted by atomic mass is 32.2. The first kappa shape index (κ1) is 22.8. The van der Waals surface area contributed by atoms with Crippen molar-refractivity contribution < 1.29 is 18.5 Å². The summed E-state index contributed by atoms with van der Waals surface area (Å²) >= 11 is 1.31. The van der Waals surface area contributed by atoms with Gasteiger partial charge in [-0.05, 0) is 83.9 Å². The number of carbonyl (C=O) groups excluding carboxylic acids is 1. The van der Waals surface area contributed by atoms with E-state index < -0.39 is 10.3 Å². The molecule has 0 heterocycles. The first-order valence-electron chi connectivity index (χ1n) is 9.93. The molecule has 0 N–H and O–H groups in total. The van der Waals surface area contributed by atoms with Gasteiger partial charge < -0.3 is 13.7 Å². The van der Waals surface area contributed by atoms with Gasteiger partial charge in [0.25, 0.3) is 0 Å². The fourth-order valence-electron chi connectivity index (χ4n) is 3.12. The molecule has 28 heavy (non-hydrogen) atoms. The van der Waals surface area contributed by atoms with Crippen molar-refractivity contribution in [3.63, 3.8) is 0 Å². The molecule has 1 aliphatic carbocycles. The molecular formula is C23H34O4S. The van der Waals surface area contributed by atoms with Crippen LogP contribution in [0.5, 0.6) is 5.75 Å². The molecule has 4 nitrogen and oxygen atoms in total. The summed E-state index contributed by atoms with van der Waals surface area (Å²) < 4.78 is 16.6. The maximum Gasteiger partial charge on any atom is 0.333 e. The summed E-state index contributed by atoms with van der Waals surface area (Å²) in [5.74, 6) is 1.02. The predicted octanol–water partition coefficient (Wildman–Crippen LogP) is 6.06. The zero-order valence-corrected chi connectivity index (χ0v) is 18.9. The van der Waals surface area contributed by atoms with Crippen LogP contribution >= 0.6 is 12.0 Å². The Morgan fingerprint density at radius 1 is 1.07 bits per heavy atom. The normalized spacial score (nSPS) is 20.5. The van der Waals surface area contributed by atoms with Gasteiger partial charge >= 0.3 is 5.97 Å². The number of carbonyl (C=O) groups is 1. The van der Waals surface area contributed by atoms with E-state index in [2.05, 4.69) is 18.7 Å². The Morgan fingerprint density at radius 3 is 2.14 bits per heavy atom. The van der Waals surface area contributed by atoms with Gasteiger partial charge in [0.2, 0.25) is 0 Å². The van der Waals surface area contributed by atoms with Gasteiger partial charge in [0.15, 0.2) is 0 Å². The second-order valence-electron chi connectivity index (χ2n) is 8.64. The molecule has 0 bridgehead atoms. The van der Waals surface area contributed by atoms with Crippen molar-refractivity contribution in [1.29, 1.82) is 0 Å². The van der Waals surface area contributed by atoms with Crippen LogP contribution in [0.2, 0.25) is 0 Å². The van der Waals surface area contributed by atoms with E-state index >= 15 is 0 Å². The molecule has 0 radical (unpaired) electrons. The largest absolute Gasteiger partial charge is 0.455 e. The van der Waals surface area contributed by atoms with Crippen molar-refractivity contribution in [2.45, 2.75) is 82.7 Å². The zero-order chi connectivity index (χ0) is 20.9. The van der Waals surface area contributed by atoms with Crippen LogP contribution in [0.25, 0.3) is 0 Å². The number of rotatable bonds is 8. The summed E-state index contributed by atoms with van der Waals surface area (Å²) in [6.45, 7) is 13.1. The predicted molar refractivity (Wildman–Crippen MR) is 116 cm³/mol. The van der Waals surface area contributed by atoms with Gasteiger partial charge in [-0.1, -0.05) is 18.7 Å². The van der Waals surface area contributed by atoms with E-state index in [-0.39, 0.29) is 5.97 Å².